The Balaban J connectivity index is 1.76. The summed E-state index contributed by atoms with van der Waals surface area (Å²) in [6.45, 7) is 1.39. The van der Waals surface area contributed by atoms with Gasteiger partial charge in [-0.15, -0.1) is 0 Å². The van der Waals surface area contributed by atoms with Crippen molar-refractivity contribution in [2.24, 2.45) is 10.9 Å². The predicted octanol–water partition coefficient (Wildman–Crippen LogP) is 1.19. The van der Waals surface area contributed by atoms with Gasteiger partial charge in [-0.2, -0.15) is 0 Å². The van der Waals surface area contributed by atoms with E-state index in [-0.39, 0.29) is 18.4 Å². The summed E-state index contributed by atoms with van der Waals surface area (Å²) in [6.07, 6.45) is 1.18. The molecule has 0 atom stereocenters. The number of likely N-dealkylation sites (tertiary alicyclic amines) is 1. The van der Waals surface area contributed by atoms with Crippen molar-refractivity contribution in [3.63, 3.8) is 0 Å². The molecule has 2 aliphatic heterocycles. The lowest BCUT2D eigenvalue weighted by Gasteiger charge is -2.34. The summed E-state index contributed by atoms with van der Waals surface area (Å²) in [5.74, 6) is -0.422. The van der Waals surface area contributed by atoms with E-state index in [1.807, 2.05) is 35.2 Å². The average Bonchev–Trinajstić information content (AvgIpc) is 2.90. The van der Waals surface area contributed by atoms with Crippen LogP contribution in [0.2, 0.25) is 0 Å². The maximum atomic E-state index is 12.1. The van der Waals surface area contributed by atoms with Gasteiger partial charge in [0.15, 0.2) is 0 Å². The van der Waals surface area contributed by atoms with Crippen LogP contribution in [0.1, 0.15) is 12.8 Å². The van der Waals surface area contributed by atoms with Gasteiger partial charge in [0.1, 0.15) is 6.54 Å². The summed E-state index contributed by atoms with van der Waals surface area (Å²) in [4.78, 5) is 31.1. The number of aliphatic carboxylic acids is 1. The molecule has 1 saturated heterocycles. The van der Waals surface area contributed by atoms with Crippen LogP contribution in [0.25, 0.3) is 0 Å². The van der Waals surface area contributed by atoms with E-state index in [4.69, 9.17) is 5.11 Å². The number of carboxylic acid groups (broad SMARTS) is 1. The van der Waals surface area contributed by atoms with Crippen LogP contribution in [0.5, 0.6) is 0 Å². The van der Waals surface area contributed by atoms with Gasteiger partial charge in [0.25, 0.3) is 5.91 Å². The van der Waals surface area contributed by atoms with E-state index in [9.17, 15) is 9.59 Å². The van der Waals surface area contributed by atoms with Crippen molar-refractivity contribution in [2.45, 2.75) is 12.8 Å². The fourth-order valence-electron chi connectivity index (χ4n) is 2.80. The molecule has 0 aromatic heterocycles. The zero-order chi connectivity index (χ0) is 14.8. The van der Waals surface area contributed by atoms with Crippen LogP contribution in [0.4, 0.5) is 5.69 Å². The number of benzene rings is 1. The number of guanidine groups is 1. The van der Waals surface area contributed by atoms with E-state index in [0.717, 1.165) is 5.69 Å². The summed E-state index contributed by atoms with van der Waals surface area (Å²) < 4.78 is 0. The first-order valence-electron chi connectivity index (χ1n) is 7.07. The average molecular weight is 287 g/mol. The molecule has 0 bridgehead atoms. The van der Waals surface area contributed by atoms with E-state index in [0.29, 0.717) is 31.9 Å². The normalized spacial score (nSPS) is 19.8. The molecule has 21 heavy (non-hydrogen) atoms. The number of amides is 1. The minimum Gasteiger partial charge on any atom is -0.481 e. The van der Waals surface area contributed by atoms with Crippen molar-refractivity contribution in [3.8, 4) is 0 Å². The third-order valence-electron chi connectivity index (χ3n) is 3.95. The number of carbonyl (C=O) groups is 2. The van der Waals surface area contributed by atoms with Crippen LogP contribution < -0.4 is 4.90 Å². The lowest BCUT2D eigenvalue weighted by molar-refractivity contribution is -0.143. The number of aliphatic imine (C=N–C) groups is 1. The molecule has 2 heterocycles. The number of para-hydroxylation sites is 1. The highest BCUT2D eigenvalue weighted by Crippen LogP contribution is 2.24. The van der Waals surface area contributed by atoms with E-state index >= 15 is 0 Å². The molecule has 0 aliphatic carbocycles. The lowest BCUT2D eigenvalue weighted by Crippen LogP contribution is -2.48. The molecule has 110 valence electrons. The van der Waals surface area contributed by atoms with Gasteiger partial charge >= 0.3 is 5.97 Å². The fourth-order valence-corrected chi connectivity index (χ4v) is 2.80. The van der Waals surface area contributed by atoms with Crippen molar-refractivity contribution in [1.29, 1.82) is 0 Å². The first-order chi connectivity index (χ1) is 10.2. The number of carbonyl (C=O) groups excluding carboxylic acids is 1. The van der Waals surface area contributed by atoms with Gasteiger partial charge in [0.2, 0.25) is 5.96 Å². The van der Waals surface area contributed by atoms with Gasteiger partial charge in [-0.1, -0.05) is 18.2 Å². The number of rotatable bonds is 2. The minimum absolute atomic E-state index is 0.0449. The Morgan fingerprint density at radius 2 is 1.86 bits per heavy atom. The number of piperidine rings is 1. The van der Waals surface area contributed by atoms with Gasteiger partial charge in [-0.25, -0.2) is 9.89 Å². The number of hydrogen-bond donors (Lipinski definition) is 1. The maximum absolute atomic E-state index is 12.1. The molecule has 6 heteroatoms. The molecule has 0 spiro atoms. The molecule has 2 aliphatic rings. The van der Waals surface area contributed by atoms with E-state index in [2.05, 4.69) is 4.99 Å². The molecule has 0 saturated carbocycles. The third-order valence-corrected chi connectivity index (χ3v) is 3.95. The second kappa shape index (κ2) is 5.55. The summed E-state index contributed by atoms with van der Waals surface area (Å²) >= 11 is 0. The minimum atomic E-state index is -0.737. The fraction of sp³-hybridized carbons (Fsp3) is 0.400. The monoisotopic (exact) mass is 287 g/mol. The quantitative estimate of drug-likeness (QED) is 0.886. The van der Waals surface area contributed by atoms with Crippen molar-refractivity contribution in [1.82, 2.24) is 4.90 Å². The Bertz CT molecular complexity index is 577. The topological polar surface area (TPSA) is 73.2 Å². The third kappa shape index (κ3) is 2.61. The molecule has 0 radical (unpaired) electrons. The van der Waals surface area contributed by atoms with Gasteiger partial charge in [0, 0.05) is 13.1 Å². The second-order valence-corrected chi connectivity index (χ2v) is 5.28. The zero-order valence-corrected chi connectivity index (χ0v) is 11.6. The first-order valence-corrected chi connectivity index (χ1v) is 7.07. The van der Waals surface area contributed by atoms with Crippen molar-refractivity contribution in [3.05, 3.63) is 30.3 Å². The number of carboxylic acids is 1. The molecule has 1 amide bonds. The van der Waals surface area contributed by atoms with Gasteiger partial charge in [-0.05, 0) is 25.0 Å². The molecule has 1 aromatic rings. The highest BCUT2D eigenvalue weighted by atomic mass is 16.4. The largest absolute Gasteiger partial charge is 0.481 e. The number of nitrogens with zero attached hydrogens (tertiary/aromatic N) is 3. The number of anilines is 1. The summed E-state index contributed by atoms with van der Waals surface area (Å²) in [5, 5.41) is 9.05. The highest BCUT2D eigenvalue weighted by Gasteiger charge is 2.34. The van der Waals surface area contributed by atoms with E-state index in [1.54, 1.807) is 4.90 Å². The van der Waals surface area contributed by atoms with Crippen LogP contribution in [0.15, 0.2) is 35.3 Å². The van der Waals surface area contributed by atoms with E-state index < -0.39 is 5.97 Å². The molecule has 1 aromatic carbocycles. The standard InChI is InChI=1S/C15H17N3O3/c19-13-10-16-15(18(13)12-4-2-1-3-5-12)17-8-6-11(7-9-17)14(20)21/h1-5,11H,6-10H2,(H,20,21). The molecule has 1 N–H and O–H groups in total. The molecule has 6 nitrogen and oxygen atoms in total. The predicted molar refractivity (Wildman–Crippen MR) is 78.2 cm³/mol. The van der Waals surface area contributed by atoms with Crippen LogP contribution in [-0.2, 0) is 9.59 Å². The lowest BCUT2D eigenvalue weighted by atomic mass is 9.97. The van der Waals surface area contributed by atoms with Crippen LogP contribution >= 0.6 is 0 Å². The Kier molecular flexibility index (Phi) is 3.60. The summed E-state index contributed by atoms with van der Waals surface area (Å²) in [7, 11) is 0. The van der Waals surface area contributed by atoms with Gasteiger partial charge in [-0.3, -0.25) is 9.59 Å². The van der Waals surface area contributed by atoms with Crippen molar-refractivity contribution in [2.75, 3.05) is 24.5 Å². The van der Waals surface area contributed by atoms with Crippen LogP contribution in [0, 0.1) is 5.92 Å². The summed E-state index contributed by atoms with van der Waals surface area (Å²) in [5.41, 5.74) is 0.805. The molecular weight excluding hydrogens is 270 g/mol. The van der Waals surface area contributed by atoms with Crippen molar-refractivity contribution >= 4 is 23.5 Å². The molecular formula is C15H17N3O3. The Hall–Kier alpha value is -2.37. The van der Waals surface area contributed by atoms with Gasteiger partial charge < -0.3 is 10.0 Å². The summed E-state index contributed by atoms with van der Waals surface area (Å²) in [6, 6.07) is 9.43. The Morgan fingerprint density at radius 3 is 2.48 bits per heavy atom. The van der Waals surface area contributed by atoms with E-state index in [1.165, 1.54) is 0 Å². The molecule has 0 unspecified atom stereocenters. The zero-order valence-electron chi connectivity index (χ0n) is 11.6. The second-order valence-electron chi connectivity index (χ2n) is 5.28. The van der Waals surface area contributed by atoms with Crippen molar-refractivity contribution < 1.29 is 14.7 Å². The Morgan fingerprint density at radius 1 is 1.19 bits per heavy atom. The highest BCUT2D eigenvalue weighted by molar-refractivity contribution is 6.20. The smallest absolute Gasteiger partial charge is 0.306 e. The Labute approximate surface area is 122 Å². The number of hydrogen-bond acceptors (Lipinski definition) is 4. The van der Waals surface area contributed by atoms with Gasteiger partial charge in [0.05, 0.1) is 11.6 Å². The van der Waals surface area contributed by atoms with Crippen LogP contribution in [0.3, 0.4) is 0 Å². The van der Waals surface area contributed by atoms with Crippen LogP contribution in [-0.4, -0.2) is 47.5 Å². The molecule has 1 fully saturated rings. The SMILES string of the molecule is O=C(O)C1CCN(C2=NCC(=O)N2c2ccccc2)CC1. The molecule has 3 rings (SSSR count). The maximum Gasteiger partial charge on any atom is 0.306 e. The first kappa shape index (κ1) is 13.6.